The van der Waals surface area contributed by atoms with Gasteiger partial charge in [0, 0.05) is 24.1 Å². The molecule has 126 valence electrons. The lowest BCUT2D eigenvalue weighted by Gasteiger charge is -2.23. The standard InChI is InChI=1S/C18H22N4OS/c19-16(23)9-10-17-20-21-18(22(17)14-6-7-14)24-15-8-5-12-3-1-2-4-13(12)11-15/h1-4,14-15H,5-11H2,(H2,19,23). The second-order valence-electron chi connectivity index (χ2n) is 6.72. The molecule has 1 heterocycles. The number of hydrogen-bond acceptors (Lipinski definition) is 4. The summed E-state index contributed by atoms with van der Waals surface area (Å²) in [6.45, 7) is 0. The summed E-state index contributed by atoms with van der Waals surface area (Å²) in [5, 5.41) is 10.3. The molecule has 6 heteroatoms. The molecule has 2 N–H and O–H groups in total. The molecule has 2 aliphatic carbocycles. The van der Waals surface area contributed by atoms with E-state index in [4.69, 9.17) is 5.73 Å². The molecule has 1 atom stereocenters. The van der Waals surface area contributed by atoms with Gasteiger partial charge >= 0.3 is 0 Å². The summed E-state index contributed by atoms with van der Waals surface area (Å²) >= 11 is 1.85. The fourth-order valence-electron chi connectivity index (χ4n) is 3.41. The number of aromatic nitrogens is 3. The second-order valence-corrected chi connectivity index (χ2v) is 7.99. The molecule has 0 radical (unpaired) electrons. The maximum atomic E-state index is 11.1. The molecular weight excluding hydrogens is 320 g/mol. The summed E-state index contributed by atoms with van der Waals surface area (Å²) in [4.78, 5) is 11.1. The van der Waals surface area contributed by atoms with Gasteiger partial charge in [-0.1, -0.05) is 36.0 Å². The first kappa shape index (κ1) is 15.7. The van der Waals surface area contributed by atoms with Crippen LogP contribution in [0.3, 0.4) is 0 Å². The normalized spacial score (nSPS) is 19.9. The number of rotatable bonds is 6. The van der Waals surface area contributed by atoms with Crippen molar-refractivity contribution in [2.24, 2.45) is 5.73 Å². The van der Waals surface area contributed by atoms with Crippen molar-refractivity contribution in [3.05, 3.63) is 41.2 Å². The summed E-state index contributed by atoms with van der Waals surface area (Å²) in [6, 6.07) is 9.25. The highest BCUT2D eigenvalue weighted by Crippen LogP contribution is 2.41. The van der Waals surface area contributed by atoms with Crippen molar-refractivity contribution < 1.29 is 4.79 Å². The average molecular weight is 342 g/mol. The molecule has 2 aromatic rings. The van der Waals surface area contributed by atoms with Crippen LogP contribution in [0.15, 0.2) is 29.4 Å². The van der Waals surface area contributed by atoms with Gasteiger partial charge in [0.25, 0.3) is 0 Å². The lowest BCUT2D eigenvalue weighted by atomic mass is 9.92. The summed E-state index contributed by atoms with van der Waals surface area (Å²) in [7, 11) is 0. The number of nitrogens with two attached hydrogens (primary N) is 1. The Balaban J connectivity index is 1.50. The summed E-state index contributed by atoms with van der Waals surface area (Å²) < 4.78 is 2.26. The largest absolute Gasteiger partial charge is 0.370 e. The van der Waals surface area contributed by atoms with Crippen molar-refractivity contribution in [2.45, 2.75) is 61.4 Å². The molecule has 4 rings (SSSR count). The first-order valence-electron chi connectivity index (χ1n) is 8.66. The van der Waals surface area contributed by atoms with Gasteiger partial charge < -0.3 is 10.3 Å². The summed E-state index contributed by atoms with van der Waals surface area (Å²) in [5.74, 6) is 0.633. The second kappa shape index (κ2) is 6.59. The van der Waals surface area contributed by atoms with E-state index in [-0.39, 0.29) is 5.91 Å². The minimum Gasteiger partial charge on any atom is -0.370 e. The van der Waals surface area contributed by atoms with E-state index in [0.29, 0.717) is 24.1 Å². The maximum absolute atomic E-state index is 11.1. The van der Waals surface area contributed by atoms with Crippen molar-refractivity contribution in [3.8, 4) is 0 Å². The Morgan fingerprint density at radius 2 is 2.00 bits per heavy atom. The van der Waals surface area contributed by atoms with Crippen LogP contribution >= 0.6 is 11.8 Å². The lowest BCUT2D eigenvalue weighted by Crippen LogP contribution is -2.17. The highest BCUT2D eigenvalue weighted by atomic mass is 32.2. The number of primary amides is 1. The molecule has 5 nitrogen and oxygen atoms in total. The molecule has 1 fully saturated rings. The summed E-state index contributed by atoms with van der Waals surface area (Å²) in [6.07, 6.45) is 6.70. The molecule has 0 spiro atoms. The molecule has 1 amide bonds. The van der Waals surface area contributed by atoms with Crippen LogP contribution in [0.5, 0.6) is 0 Å². The smallest absolute Gasteiger partial charge is 0.217 e. The first-order valence-corrected chi connectivity index (χ1v) is 9.54. The van der Waals surface area contributed by atoms with Gasteiger partial charge in [-0.2, -0.15) is 0 Å². The third kappa shape index (κ3) is 3.34. The van der Waals surface area contributed by atoms with Crippen LogP contribution in [0.4, 0.5) is 0 Å². The molecule has 1 aromatic heterocycles. The SMILES string of the molecule is NC(=O)CCc1nnc(SC2CCc3ccccc3C2)n1C1CC1. The molecule has 0 aliphatic heterocycles. The van der Waals surface area contributed by atoms with Gasteiger partial charge in [0.1, 0.15) is 5.82 Å². The number of carbonyl (C=O) groups excluding carboxylic acids is 1. The van der Waals surface area contributed by atoms with Gasteiger partial charge in [0.2, 0.25) is 5.91 Å². The molecule has 0 bridgehead atoms. The number of hydrogen-bond donors (Lipinski definition) is 1. The average Bonchev–Trinajstić information content (AvgIpc) is 3.34. The molecule has 24 heavy (non-hydrogen) atoms. The van der Waals surface area contributed by atoms with E-state index >= 15 is 0 Å². The van der Waals surface area contributed by atoms with Gasteiger partial charge in [-0.05, 0) is 43.2 Å². The molecule has 1 aromatic carbocycles. The number of amides is 1. The number of nitrogens with zero attached hydrogens (tertiary/aromatic N) is 3. The Morgan fingerprint density at radius 1 is 1.21 bits per heavy atom. The zero-order valence-corrected chi connectivity index (χ0v) is 14.5. The predicted octanol–water partition coefficient (Wildman–Crippen LogP) is 2.68. The molecule has 0 saturated heterocycles. The quantitative estimate of drug-likeness (QED) is 0.876. The van der Waals surface area contributed by atoms with Gasteiger partial charge in [0.15, 0.2) is 5.16 Å². The van der Waals surface area contributed by atoms with Gasteiger partial charge in [-0.15, -0.1) is 10.2 Å². The number of aryl methyl sites for hydroxylation is 2. The maximum Gasteiger partial charge on any atom is 0.217 e. The molecule has 1 saturated carbocycles. The van der Waals surface area contributed by atoms with Crippen LogP contribution in [-0.2, 0) is 24.1 Å². The molecule has 1 unspecified atom stereocenters. The van der Waals surface area contributed by atoms with Crippen molar-refractivity contribution in [1.82, 2.24) is 14.8 Å². The Kier molecular flexibility index (Phi) is 4.31. The summed E-state index contributed by atoms with van der Waals surface area (Å²) in [5.41, 5.74) is 8.23. The highest BCUT2D eigenvalue weighted by molar-refractivity contribution is 7.99. The Morgan fingerprint density at radius 3 is 2.75 bits per heavy atom. The molecular formula is C18H22N4OS. The van der Waals surface area contributed by atoms with E-state index in [1.54, 1.807) is 0 Å². The van der Waals surface area contributed by atoms with Gasteiger partial charge in [-0.25, -0.2) is 0 Å². The van der Waals surface area contributed by atoms with Gasteiger partial charge in [0.05, 0.1) is 0 Å². The zero-order valence-electron chi connectivity index (χ0n) is 13.6. The minimum absolute atomic E-state index is 0.279. The van der Waals surface area contributed by atoms with E-state index in [2.05, 4.69) is 39.0 Å². The van der Waals surface area contributed by atoms with Crippen molar-refractivity contribution in [2.75, 3.05) is 0 Å². The monoisotopic (exact) mass is 342 g/mol. The van der Waals surface area contributed by atoms with Crippen molar-refractivity contribution in [3.63, 3.8) is 0 Å². The lowest BCUT2D eigenvalue weighted by molar-refractivity contribution is -0.118. The van der Waals surface area contributed by atoms with Crippen LogP contribution < -0.4 is 5.73 Å². The van der Waals surface area contributed by atoms with Crippen LogP contribution in [0, 0.1) is 0 Å². The van der Waals surface area contributed by atoms with Crippen molar-refractivity contribution in [1.29, 1.82) is 0 Å². The van der Waals surface area contributed by atoms with Crippen LogP contribution in [-0.4, -0.2) is 25.9 Å². The van der Waals surface area contributed by atoms with E-state index < -0.39 is 0 Å². The fourth-order valence-corrected chi connectivity index (χ4v) is 4.66. The predicted molar refractivity (Wildman–Crippen MR) is 93.9 cm³/mol. The Bertz CT molecular complexity index is 753. The zero-order chi connectivity index (χ0) is 16.5. The number of carbonyl (C=O) groups is 1. The molecule has 2 aliphatic rings. The van der Waals surface area contributed by atoms with E-state index in [9.17, 15) is 4.79 Å². The van der Waals surface area contributed by atoms with E-state index in [0.717, 1.165) is 23.8 Å². The topological polar surface area (TPSA) is 73.8 Å². The number of benzene rings is 1. The number of fused-ring (bicyclic) bond motifs is 1. The Labute approximate surface area is 146 Å². The van der Waals surface area contributed by atoms with E-state index in [1.807, 2.05) is 11.8 Å². The van der Waals surface area contributed by atoms with Crippen LogP contribution in [0.2, 0.25) is 0 Å². The van der Waals surface area contributed by atoms with Crippen LogP contribution in [0.25, 0.3) is 0 Å². The van der Waals surface area contributed by atoms with Gasteiger partial charge in [-0.3, -0.25) is 4.79 Å². The van der Waals surface area contributed by atoms with Crippen LogP contribution in [0.1, 0.15) is 48.7 Å². The number of thioether (sulfide) groups is 1. The minimum atomic E-state index is -0.279. The Hall–Kier alpha value is -1.82. The fraction of sp³-hybridized carbons (Fsp3) is 0.500. The third-order valence-electron chi connectivity index (χ3n) is 4.82. The van der Waals surface area contributed by atoms with Crippen molar-refractivity contribution >= 4 is 17.7 Å². The third-order valence-corrected chi connectivity index (χ3v) is 6.04. The highest BCUT2D eigenvalue weighted by Gasteiger charge is 2.31. The van der Waals surface area contributed by atoms with E-state index in [1.165, 1.54) is 30.4 Å². The first-order chi connectivity index (χ1) is 11.7.